The number of aliphatic hydroxyl groups excluding tert-OH is 1. The fourth-order valence-corrected chi connectivity index (χ4v) is 1.97. The summed E-state index contributed by atoms with van der Waals surface area (Å²) in [5.41, 5.74) is 3.88. The van der Waals surface area contributed by atoms with Crippen LogP contribution in [0.25, 0.3) is 0 Å². The van der Waals surface area contributed by atoms with Crippen molar-refractivity contribution in [2.75, 3.05) is 25.6 Å². The number of hydrogen-bond donors (Lipinski definition) is 2. The van der Waals surface area contributed by atoms with Crippen LogP contribution >= 0.6 is 11.6 Å². The Labute approximate surface area is 101 Å². The number of ether oxygens (including phenoxy) is 1. The molecule has 0 fully saturated rings. The van der Waals surface area contributed by atoms with Crippen molar-refractivity contribution >= 4 is 17.3 Å². The Morgan fingerprint density at radius 1 is 1.19 bits per heavy atom. The molecule has 2 N–H and O–H groups in total. The molecule has 4 heteroatoms. The van der Waals surface area contributed by atoms with Gasteiger partial charge in [-0.05, 0) is 37.5 Å². The van der Waals surface area contributed by atoms with Crippen LogP contribution in [0.15, 0.2) is 0 Å². The Hall–Kier alpha value is -0.930. The summed E-state index contributed by atoms with van der Waals surface area (Å²) in [5.74, 6) is 0.799. The molecule has 1 rings (SSSR count). The van der Waals surface area contributed by atoms with E-state index in [1.54, 1.807) is 7.11 Å². The fraction of sp³-hybridized carbons (Fsp3) is 0.500. The van der Waals surface area contributed by atoms with Crippen LogP contribution in [0.3, 0.4) is 0 Å². The average Bonchev–Trinajstić information content (AvgIpc) is 2.29. The lowest BCUT2D eigenvalue weighted by atomic mass is 10.0. The first-order valence-corrected chi connectivity index (χ1v) is 5.60. The number of anilines is 1. The maximum absolute atomic E-state index is 8.84. The predicted molar refractivity (Wildman–Crippen MR) is 67.8 cm³/mol. The zero-order valence-electron chi connectivity index (χ0n) is 10.1. The summed E-state index contributed by atoms with van der Waals surface area (Å²) in [6, 6.07) is 0. The third-order valence-electron chi connectivity index (χ3n) is 2.78. The highest BCUT2D eigenvalue weighted by atomic mass is 35.5. The molecule has 0 heterocycles. The molecule has 0 aliphatic heterocycles. The summed E-state index contributed by atoms with van der Waals surface area (Å²) in [6.07, 6.45) is 0. The van der Waals surface area contributed by atoms with E-state index in [0.717, 1.165) is 33.1 Å². The zero-order valence-corrected chi connectivity index (χ0v) is 10.9. The molecule has 0 saturated heterocycles. The van der Waals surface area contributed by atoms with Crippen molar-refractivity contribution in [1.82, 2.24) is 0 Å². The molecule has 90 valence electrons. The first kappa shape index (κ1) is 13.1. The number of halogens is 1. The molecule has 0 radical (unpaired) electrons. The summed E-state index contributed by atoms with van der Waals surface area (Å²) in [5, 5.41) is 12.7. The van der Waals surface area contributed by atoms with E-state index in [1.165, 1.54) is 0 Å². The molecule has 0 bridgehead atoms. The van der Waals surface area contributed by atoms with Crippen LogP contribution in [0.5, 0.6) is 5.75 Å². The quantitative estimate of drug-likeness (QED) is 0.854. The van der Waals surface area contributed by atoms with Crippen molar-refractivity contribution < 1.29 is 9.84 Å². The SMILES string of the molecule is COc1c(C)c(C)c(Cl)c(C)c1NCCO. The number of benzene rings is 1. The lowest BCUT2D eigenvalue weighted by Crippen LogP contribution is -2.09. The smallest absolute Gasteiger partial charge is 0.145 e. The Morgan fingerprint density at radius 3 is 2.31 bits per heavy atom. The second kappa shape index (κ2) is 5.41. The topological polar surface area (TPSA) is 41.5 Å². The molecule has 0 amide bonds. The molecule has 1 aromatic rings. The highest BCUT2D eigenvalue weighted by molar-refractivity contribution is 6.32. The van der Waals surface area contributed by atoms with Crippen molar-refractivity contribution in [3.63, 3.8) is 0 Å². The molecular weight excluding hydrogens is 226 g/mol. The molecule has 0 unspecified atom stereocenters. The van der Waals surface area contributed by atoms with Gasteiger partial charge in [-0.2, -0.15) is 0 Å². The van der Waals surface area contributed by atoms with Gasteiger partial charge in [0.1, 0.15) is 5.75 Å². The van der Waals surface area contributed by atoms with Gasteiger partial charge < -0.3 is 15.2 Å². The minimum absolute atomic E-state index is 0.0765. The largest absolute Gasteiger partial charge is 0.494 e. The summed E-state index contributed by atoms with van der Waals surface area (Å²) in [7, 11) is 1.64. The predicted octanol–water partition coefficient (Wildman–Crippen LogP) is 2.68. The number of aliphatic hydroxyl groups is 1. The minimum Gasteiger partial charge on any atom is -0.494 e. The monoisotopic (exact) mass is 243 g/mol. The van der Waals surface area contributed by atoms with Gasteiger partial charge in [-0.3, -0.25) is 0 Å². The van der Waals surface area contributed by atoms with E-state index >= 15 is 0 Å². The second-order valence-electron chi connectivity index (χ2n) is 3.75. The van der Waals surface area contributed by atoms with Crippen LogP contribution in [0, 0.1) is 20.8 Å². The highest BCUT2D eigenvalue weighted by Gasteiger charge is 2.16. The summed E-state index contributed by atoms with van der Waals surface area (Å²) >= 11 is 6.24. The maximum Gasteiger partial charge on any atom is 0.145 e. The van der Waals surface area contributed by atoms with Crippen molar-refractivity contribution in [2.24, 2.45) is 0 Å². The Bertz CT molecular complexity index is 391. The second-order valence-corrected chi connectivity index (χ2v) is 4.13. The van der Waals surface area contributed by atoms with Crippen molar-refractivity contribution in [3.05, 3.63) is 21.7 Å². The van der Waals surface area contributed by atoms with Gasteiger partial charge in [0.25, 0.3) is 0 Å². The van der Waals surface area contributed by atoms with Gasteiger partial charge in [0.2, 0.25) is 0 Å². The van der Waals surface area contributed by atoms with Crippen LogP contribution in [0.2, 0.25) is 5.02 Å². The number of nitrogens with one attached hydrogen (secondary N) is 1. The fourth-order valence-electron chi connectivity index (χ4n) is 1.73. The van der Waals surface area contributed by atoms with Crippen LogP contribution in [-0.2, 0) is 0 Å². The lowest BCUT2D eigenvalue weighted by Gasteiger charge is -2.19. The Morgan fingerprint density at radius 2 is 1.81 bits per heavy atom. The van der Waals surface area contributed by atoms with Crippen molar-refractivity contribution in [1.29, 1.82) is 0 Å². The van der Waals surface area contributed by atoms with Gasteiger partial charge in [-0.1, -0.05) is 11.6 Å². The van der Waals surface area contributed by atoms with Crippen molar-refractivity contribution in [3.8, 4) is 5.75 Å². The van der Waals surface area contributed by atoms with Gasteiger partial charge in [0.15, 0.2) is 0 Å². The molecule has 16 heavy (non-hydrogen) atoms. The van der Waals surface area contributed by atoms with Gasteiger partial charge >= 0.3 is 0 Å². The number of hydrogen-bond acceptors (Lipinski definition) is 3. The first-order valence-electron chi connectivity index (χ1n) is 5.22. The molecule has 0 spiro atoms. The molecule has 0 aromatic heterocycles. The average molecular weight is 244 g/mol. The van der Waals surface area contributed by atoms with E-state index in [2.05, 4.69) is 5.32 Å². The van der Waals surface area contributed by atoms with Crippen LogP contribution in [0.1, 0.15) is 16.7 Å². The van der Waals surface area contributed by atoms with E-state index in [1.807, 2.05) is 20.8 Å². The van der Waals surface area contributed by atoms with E-state index in [-0.39, 0.29) is 6.61 Å². The molecule has 0 saturated carbocycles. The zero-order chi connectivity index (χ0) is 12.3. The first-order chi connectivity index (χ1) is 7.54. The van der Waals surface area contributed by atoms with Crippen LogP contribution in [-0.4, -0.2) is 25.4 Å². The molecule has 0 aliphatic rings. The van der Waals surface area contributed by atoms with Gasteiger partial charge in [-0.25, -0.2) is 0 Å². The maximum atomic E-state index is 8.84. The van der Waals surface area contributed by atoms with E-state index in [4.69, 9.17) is 21.4 Å². The molecule has 0 atom stereocenters. The summed E-state index contributed by atoms with van der Waals surface area (Å²) < 4.78 is 5.39. The standard InChI is InChI=1S/C12H18ClNO2/c1-7-8(2)12(16-4)11(14-5-6-15)9(3)10(7)13/h14-15H,5-6H2,1-4H3. The Kier molecular flexibility index (Phi) is 4.44. The molecule has 0 aliphatic carbocycles. The summed E-state index contributed by atoms with van der Waals surface area (Å²) in [6.45, 7) is 6.45. The Balaban J connectivity index is 3.33. The highest BCUT2D eigenvalue weighted by Crippen LogP contribution is 2.39. The number of methoxy groups -OCH3 is 1. The molecule has 1 aromatic carbocycles. The van der Waals surface area contributed by atoms with Crippen molar-refractivity contribution in [2.45, 2.75) is 20.8 Å². The van der Waals surface area contributed by atoms with E-state index in [0.29, 0.717) is 6.54 Å². The third-order valence-corrected chi connectivity index (χ3v) is 3.35. The van der Waals surface area contributed by atoms with E-state index in [9.17, 15) is 0 Å². The molecular formula is C12H18ClNO2. The van der Waals surface area contributed by atoms with Crippen LogP contribution < -0.4 is 10.1 Å². The summed E-state index contributed by atoms with van der Waals surface area (Å²) in [4.78, 5) is 0. The van der Waals surface area contributed by atoms with E-state index < -0.39 is 0 Å². The number of rotatable bonds is 4. The van der Waals surface area contributed by atoms with Gasteiger partial charge in [-0.15, -0.1) is 0 Å². The molecule has 3 nitrogen and oxygen atoms in total. The normalized spacial score (nSPS) is 10.4. The van der Waals surface area contributed by atoms with Crippen LogP contribution in [0.4, 0.5) is 5.69 Å². The van der Waals surface area contributed by atoms with Gasteiger partial charge in [0, 0.05) is 11.6 Å². The lowest BCUT2D eigenvalue weighted by molar-refractivity contribution is 0.310. The third kappa shape index (κ3) is 2.25. The van der Waals surface area contributed by atoms with Gasteiger partial charge in [0.05, 0.1) is 19.4 Å². The minimum atomic E-state index is 0.0765.